The number of hydrogen-bond acceptors (Lipinski definition) is 5. The van der Waals surface area contributed by atoms with Crippen molar-refractivity contribution in [2.45, 2.75) is 12.8 Å². The van der Waals surface area contributed by atoms with Gasteiger partial charge < -0.3 is 10.4 Å². The van der Waals surface area contributed by atoms with Gasteiger partial charge >= 0.3 is 5.97 Å². The van der Waals surface area contributed by atoms with Crippen molar-refractivity contribution in [3.05, 3.63) is 41.7 Å². The van der Waals surface area contributed by atoms with E-state index in [1.54, 1.807) is 12.1 Å². The van der Waals surface area contributed by atoms with E-state index >= 15 is 0 Å². The van der Waals surface area contributed by atoms with Crippen LogP contribution in [0.5, 0.6) is 0 Å². The van der Waals surface area contributed by atoms with Crippen molar-refractivity contribution in [2.24, 2.45) is 5.92 Å². The summed E-state index contributed by atoms with van der Waals surface area (Å²) < 4.78 is 0. The van der Waals surface area contributed by atoms with Crippen LogP contribution in [-0.2, 0) is 4.79 Å². The minimum Gasteiger partial charge on any atom is -0.478 e. The van der Waals surface area contributed by atoms with Crippen molar-refractivity contribution in [3.63, 3.8) is 0 Å². The molecule has 23 heavy (non-hydrogen) atoms. The number of carbonyl (C=O) groups excluding carboxylic acids is 1. The molecule has 7 heteroatoms. The number of carbonyl (C=O) groups is 2. The number of aromatic carboxylic acids is 1. The fraction of sp³-hybridized carbons (Fsp3) is 0.188. The number of nitriles is 1. The average Bonchev–Trinajstić information content (AvgIpc) is 3.39. The van der Waals surface area contributed by atoms with Gasteiger partial charge in [-0.15, -0.1) is 0 Å². The highest BCUT2D eigenvalue weighted by Gasteiger charge is 2.29. The van der Waals surface area contributed by atoms with Crippen molar-refractivity contribution in [3.8, 4) is 17.3 Å². The fourth-order valence-corrected chi connectivity index (χ4v) is 2.14. The molecule has 2 N–H and O–H groups in total. The maximum absolute atomic E-state index is 11.8. The van der Waals surface area contributed by atoms with E-state index < -0.39 is 5.97 Å². The number of benzene rings is 1. The molecule has 1 saturated carbocycles. The van der Waals surface area contributed by atoms with Crippen LogP contribution < -0.4 is 5.32 Å². The Morgan fingerprint density at radius 2 is 2.04 bits per heavy atom. The minimum absolute atomic E-state index is 0.0529. The number of aromatic nitrogens is 2. The van der Waals surface area contributed by atoms with Crippen molar-refractivity contribution in [2.75, 3.05) is 5.32 Å². The number of rotatable bonds is 4. The first-order valence-corrected chi connectivity index (χ1v) is 6.99. The first-order valence-electron chi connectivity index (χ1n) is 6.99. The van der Waals surface area contributed by atoms with Crippen LogP contribution in [-0.4, -0.2) is 27.0 Å². The molecule has 1 aliphatic rings. The van der Waals surface area contributed by atoms with Gasteiger partial charge in [0, 0.05) is 17.5 Å². The van der Waals surface area contributed by atoms with Crippen molar-refractivity contribution in [1.29, 1.82) is 5.26 Å². The predicted octanol–water partition coefficient (Wildman–Crippen LogP) is 2.06. The molecule has 0 unspecified atom stereocenters. The number of carboxylic acids is 1. The van der Waals surface area contributed by atoms with E-state index in [2.05, 4.69) is 15.3 Å². The fourth-order valence-electron chi connectivity index (χ4n) is 2.14. The van der Waals surface area contributed by atoms with E-state index in [1.165, 1.54) is 18.5 Å². The predicted molar refractivity (Wildman–Crippen MR) is 80.5 cm³/mol. The summed E-state index contributed by atoms with van der Waals surface area (Å²) in [6, 6.07) is 7.84. The van der Waals surface area contributed by atoms with E-state index in [1.807, 2.05) is 6.07 Å². The summed E-state index contributed by atoms with van der Waals surface area (Å²) in [5.74, 6) is -0.775. The Morgan fingerprint density at radius 3 is 2.70 bits per heavy atom. The van der Waals surface area contributed by atoms with Gasteiger partial charge in [0.1, 0.15) is 18.2 Å². The van der Waals surface area contributed by atoms with E-state index in [4.69, 9.17) is 10.4 Å². The molecular weight excluding hydrogens is 296 g/mol. The molecule has 0 atom stereocenters. The molecule has 1 amide bonds. The quantitative estimate of drug-likeness (QED) is 0.893. The number of hydrogen-bond donors (Lipinski definition) is 2. The molecule has 2 aromatic rings. The van der Waals surface area contributed by atoms with E-state index in [0.29, 0.717) is 17.1 Å². The van der Waals surface area contributed by atoms with Crippen LogP contribution in [0.2, 0.25) is 0 Å². The smallest absolute Gasteiger partial charge is 0.337 e. The second-order valence-electron chi connectivity index (χ2n) is 5.23. The second kappa shape index (κ2) is 5.85. The Kier molecular flexibility index (Phi) is 3.73. The largest absolute Gasteiger partial charge is 0.478 e. The van der Waals surface area contributed by atoms with Gasteiger partial charge in [-0.3, -0.25) is 4.79 Å². The summed E-state index contributed by atoms with van der Waals surface area (Å²) in [7, 11) is 0. The molecule has 1 aliphatic carbocycles. The first-order chi connectivity index (χ1) is 11.1. The molecule has 7 nitrogen and oxygen atoms in total. The summed E-state index contributed by atoms with van der Waals surface area (Å²) in [4.78, 5) is 30.9. The van der Waals surface area contributed by atoms with Crippen LogP contribution in [0.25, 0.3) is 11.3 Å². The van der Waals surface area contributed by atoms with Crippen molar-refractivity contribution >= 4 is 17.7 Å². The zero-order chi connectivity index (χ0) is 16.4. The molecule has 0 aliphatic heterocycles. The minimum atomic E-state index is -1.16. The van der Waals surface area contributed by atoms with Crippen LogP contribution in [0.1, 0.15) is 28.8 Å². The molecule has 3 rings (SSSR count). The van der Waals surface area contributed by atoms with Gasteiger partial charge in [-0.2, -0.15) is 5.26 Å². The summed E-state index contributed by atoms with van der Waals surface area (Å²) >= 11 is 0. The lowest BCUT2D eigenvalue weighted by Gasteiger charge is -2.07. The lowest BCUT2D eigenvalue weighted by Crippen LogP contribution is -2.14. The highest BCUT2D eigenvalue weighted by Crippen LogP contribution is 2.30. The normalized spacial score (nSPS) is 13.2. The zero-order valence-corrected chi connectivity index (χ0v) is 12.0. The first kappa shape index (κ1) is 14.7. The molecule has 0 spiro atoms. The van der Waals surface area contributed by atoms with Gasteiger partial charge in [0.25, 0.3) is 0 Å². The molecule has 0 radical (unpaired) electrons. The Balaban J connectivity index is 1.91. The van der Waals surface area contributed by atoms with E-state index in [9.17, 15) is 9.59 Å². The Labute approximate surface area is 131 Å². The number of anilines is 1. The summed E-state index contributed by atoms with van der Waals surface area (Å²) in [6.45, 7) is 0. The molecular formula is C16H12N4O3. The number of nitrogens with one attached hydrogen (secondary N) is 1. The topological polar surface area (TPSA) is 116 Å². The van der Waals surface area contributed by atoms with Crippen LogP contribution in [0.3, 0.4) is 0 Å². The van der Waals surface area contributed by atoms with Gasteiger partial charge in [-0.05, 0) is 25.0 Å². The number of nitrogens with zero attached hydrogens (tertiary/aromatic N) is 3. The second-order valence-corrected chi connectivity index (χ2v) is 5.23. The highest BCUT2D eigenvalue weighted by molar-refractivity contribution is 5.94. The molecule has 0 saturated heterocycles. The van der Waals surface area contributed by atoms with Gasteiger partial charge in [-0.25, -0.2) is 14.8 Å². The molecule has 1 aromatic heterocycles. The Bertz CT molecular complexity index is 837. The van der Waals surface area contributed by atoms with E-state index in [0.717, 1.165) is 12.8 Å². The third-order valence-corrected chi connectivity index (χ3v) is 3.53. The average molecular weight is 308 g/mol. The zero-order valence-electron chi connectivity index (χ0n) is 12.0. The molecule has 114 valence electrons. The maximum atomic E-state index is 11.8. The van der Waals surface area contributed by atoms with Crippen LogP contribution in [0.4, 0.5) is 5.82 Å². The van der Waals surface area contributed by atoms with Crippen molar-refractivity contribution < 1.29 is 14.7 Å². The summed E-state index contributed by atoms with van der Waals surface area (Å²) in [5, 5.41) is 20.8. The third-order valence-electron chi connectivity index (χ3n) is 3.53. The maximum Gasteiger partial charge on any atom is 0.337 e. The number of carboxylic acid groups (broad SMARTS) is 1. The Morgan fingerprint density at radius 1 is 1.26 bits per heavy atom. The van der Waals surface area contributed by atoms with Gasteiger partial charge in [0.2, 0.25) is 5.91 Å². The molecule has 1 aromatic carbocycles. The molecule has 1 heterocycles. The SMILES string of the molecule is N#Cc1cc(-c2cc(NC(=O)C3CC3)ncn2)ccc1C(=O)O. The van der Waals surface area contributed by atoms with Gasteiger partial charge in [0.15, 0.2) is 0 Å². The number of amides is 1. The van der Waals surface area contributed by atoms with E-state index in [-0.39, 0.29) is 23.0 Å². The van der Waals surface area contributed by atoms with Crippen LogP contribution in [0, 0.1) is 17.2 Å². The highest BCUT2D eigenvalue weighted by atomic mass is 16.4. The van der Waals surface area contributed by atoms with Gasteiger partial charge in [-0.1, -0.05) is 6.07 Å². The lowest BCUT2D eigenvalue weighted by atomic mass is 10.0. The lowest BCUT2D eigenvalue weighted by molar-refractivity contribution is -0.117. The van der Waals surface area contributed by atoms with Gasteiger partial charge in [0.05, 0.1) is 16.8 Å². The summed E-state index contributed by atoms with van der Waals surface area (Å²) in [5.41, 5.74) is 1.07. The monoisotopic (exact) mass is 308 g/mol. The Hall–Kier alpha value is -3.27. The van der Waals surface area contributed by atoms with Crippen molar-refractivity contribution in [1.82, 2.24) is 9.97 Å². The van der Waals surface area contributed by atoms with Crippen LogP contribution >= 0.6 is 0 Å². The third kappa shape index (κ3) is 3.16. The molecule has 1 fully saturated rings. The van der Waals surface area contributed by atoms with Crippen LogP contribution in [0.15, 0.2) is 30.6 Å². The summed E-state index contributed by atoms with van der Waals surface area (Å²) in [6.07, 6.45) is 3.10. The standard InChI is InChI=1S/C16H12N4O3/c17-7-11-5-10(3-4-12(11)16(22)23)13-6-14(19-8-18-13)20-15(21)9-1-2-9/h3-6,8-9H,1-2H2,(H,22,23)(H,18,19,20,21). The molecule has 0 bridgehead atoms.